The van der Waals surface area contributed by atoms with Crippen molar-refractivity contribution >= 4 is 5.91 Å². The standard InChI is InChI=1S/C16H21N3O2/c1-12(13-5-4-6-15(9-13)21-3)16(20)19(2)8-7-14-10-17-11-18-14/h4-6,9-12H,7-8H2,1-3H3,(H,17,18). The molecule has 1 amide bonds. The summed E-state index contributed by atoms with van der Waals surface area (Å²) >= 11 is 0. The fourth-order valence-corrected chi connectivity index (χ4v) is 2.20. The van der Waals surface area contributed by atoms with E-state index in [1.165, 1.54) is 0 Å². The molecule has 0 aliphatic rings. The molecule has 1 unspecified atom stereocenters. The minimum absolute atomic E-state index is 0.0998. The van der Waals surface area contributed by atoms with Crippen LogP contribution in [0.4, 0.5) is 0 Å². The summed E-state index contributed by atoms with van der Waals surface area (Å²) in [5, 5.41) is 0. The number of benzene rings is 1. The summed E-state index contributed by atoms with van der Waals surface area (Å²) in [6.07, 6.45) is 4.20. The molecule has 21 heavy (non-hydrogen) atoms. The van der Waals surface area contributed by atoms with Crippen LogP contribution in [-0.2, 0) is 11.2 Å². The topological polar surface area (TPSA) is 58.2 Å². The van der Waals surface area contributed by atoms with Crippen molar-refractivity contribution < 1.29 is 9.53 Å². The van der Waals surface area contributed by atoms with Gasteiger partial charge in [-0.25, -0.2) is 4.98 Å². The third kappa shape index (κ3) is 3.84. The van der Waals surface area contributed by atoms with Crippen LogP contribution in [0.25, 0.3) is 0 Å². The summed E-state index contributed by atoms with van der Waals surface area (Å²) in [5.74, 6) is 0.682. The van der Waals surface area contributed by atoms with Crippen molar-refractivity contribution in [1.82, 2.24) is 14.9 Å². The fraction of sp³-hybridized carbons (Fsp3) is 0.375. The van der Waals surface area contributed by atoms with Gasteiger partial charge in [0.05, 0.1) is 19.4 Å². The van der Waals surface area contributed by atoms with Crippen LogP contribution in [-0.4, -0.2) is 41.5 Å². The van der Waals surface area contributed by atoms with Gasteiger partial charge in [-0.3, -0.25) is 4.79 Å². The highest BCUT2D eigenvalue weighted by atomic mass is 16.5. The molecule has 5 heteroatoms. The number of methoxy groups -OCH3 is 1. The van der Waals surface area contributed by atoms with Crippen LogP contribution < -0.4 is 4.74 Å². The fourth-order valence-electron chi connectivity index (χ4n) is 2.20. The highest BCUT2D eigenvalue weighted by Gasteiger charge is 2.19. The highest BCUT2D eigenvalue weighted by molar-refractivity contribution is 5.83. The second-order valence-electron chi connectivity index (χ2n) is 5.08. The molecule has 2 aromatic rings. The Kier molecular flexibility index (Phi) is 4.98. The first kappa shape index (κ1) is 15.1. The Morgan fingerprint density at radius 3 is 2.95 bits per heavy atom. The van der Waals surface area contributed by atoms with Gasteiger partial charge >= 0.3 is 0 Å². The molecular weight excluding hydrogens is 266 g/mol. The van der Waals surface area contributed by atoms with E-state index in [0.29, 0.717) is 6.54 Å². The molecule has 1 aromatic carbocycles. The van der Waals surface area contributed by atoms with Gasteiger partial charge in [-0.05, 0) is 24.6 Å². The first-order chi connectivity index (χ1) is 10.1. The van der Waals surface area contributed by atoms with Crippen LogP contribution in [0.2, 0.25) is 0 Å². The summed E-state index contributed by atoms with van der Waals surface area (Å²) < 4.78 is 5.21. The molecule has 0 radical (unpaired) electrons. The number of nitrogens with zero attached hydrogens (tertiary/aromatic N) is 2. The molecule has 0 spiro atoms. The Labute approximate surface area is 125 Å². The third-order valence-corrected chi connectivity index (χ3v) is 3.61. The Morgan fingerprint density at radius 2 is 2.29 bits per heavy atom. The number of hydrogen-bond donors (Lipinski definition) is 1. The van der Waals surface area contributed by atoms with Crippen LogP contribution in [0, 0.1) is 0 Å². The Hall–Kier alpha value is -2.30. The van der Waals surface area contributed by atoms with Gasteiger partial charge in [0.25, 0.3) is 0 Å². The summed E-state index contributed by atoms with van der Waals surface area (Å²) in [5.41, 5.74) is 2.00. The first-order valence-corrected chi connectivity index (χ1v) is 6.98. The number of aromatic nitrogens is 2. The maximum absolute atomic E-state index is 12.5. The number of ether oxygens (including phenoxy) is 1. The largest absolute Gasteiger partial charge is 0.497 e. The maximum atomic E-state index is 12.5. The van der Waals surface area contributed by atoms with Crippen molar-refractivity contribution in [2.45, 2.75) is 19.3 Å². The lowest BCUT2D eigenvalue weighted by Gasteiger charge is -2.21. The number of hydrogen-bond acceptors (Lipinski definition) is 3. The van der Waals surface area contributed by atoms with E-state index < -0.39 is 0 Å². The number of nitrogens with one attached hydrogen (secondary N) is 1. The summed E-state index contributed by atoms with van der Waals surface area (Å²) in [4.78, 5) is 21.2. The monoisotopic (exact) mass is 287 g/mol. The SMILES string of the molecule is COc1cccc(C(C)C(=O)N(C)CCc2cnc[nH]2)c1. The van der Waals surface area contributed by atoms with E-state index in [1.54, 1.807) is 24.5 Å². The van der Waals surface area contributed by atoms with E-state index in [4.69, 9.17) is 4.74 Å². The molecule has 0 aliphatic carbocycles. The van der Waals surface area contributed by atoms with E-state index in [9.17, 15) is 4.79 Å². The molecule has 1 aromatic heterocycles. The molecule has 112 valence electrons. The van der Waals surface area contributed by atoms with E-state index in [-0.39, 0.29) is 11.8 Å². The second kappa shape index (κ2) is 6.92. The molecule has 0 fully saturated rings. The molecule has 0 saturated heterocycles. The van der Waals surface area contributed by atoms with Gasteiger partial charge in [0.1, 0.15) is 5.75 Å². The van der Waals surface area contributed by atoms with Crippen LogP contribution in [0.5, 0.6) is 5.75 Å². The molecule has 0 aliphatic heterocycles. The van der Waals surface area contributed by atoms with Crippen molar-refractivity contribution in [1.29, 1.82) is 0 Å². The van der Waals surface area contributed by atoms with Gasteiger partial charge in [-0.2, -0.15) is 0 Å². The number of H-pyrrole nitrogens is 1. The van der Waals surface area contributed by atoms with E-state index in [1.807, 2.05) is 38.2 Å². The van der Waals surface area contributed by atoms with Crippen LogP contribution in [0.1, 0.15) is 24.1 Å². The Balaban J connectivity index is 1.97. The highest BCUT2D eigenvalue weighted by Crippen LogP contribution is 2.22. The van der Waals surface area contributed by atoms with Crippen LogP contribution in [0.3, 0.4) is 0 Å². The lowest BCUT2D eigenvalue weighted by molar-refractivity contribution is -0.131. The smallest absolute Gasteiger partial charge is 0.229 e. The average molecular weight is 287 g/mol. The van der Waals surface area contributed by atoms with E-state index in [0.717, 1.165) is 23.4 Å². The summed E-state index contributed by atoms with van der Waals surface area (Å²) in [6, 6.07) is 7.64. The number of likely N-dealkylation sites (N-methyl/N-ethyl adjacent to an activating group) is 1. The normalized spacial score (nSPS) is 12.0. The lowest BCUT2D eigenvalue weighted by Crippen LogP contribution is -2.32. The molecule has 2 rings (SSSR count). The van der Waals surface area contributed by atoms with Crippen molar-refractivity contribution in [3.8, 4) is 5.75 Å². The molecule has 5 nitrogen and oxygen atoms in total. The third-order valence-electron chi connectivity index (χ3n) is 3.61. The number of amides is 1. The Morgan fingerprint density at radius 1 is 1.48 bits per heavy atom. The van der Waals surface area contributed by atoms with Gasteiger partial charge < -0.3 is 14.6 Å². The van der Waals surface area contributed by atoms with Crippen molar-refractivity contribution in [3.63, 3.8) is 0 Å². The van der Waals surface area contributed by atoms with Gasteiger partial charge in [-0.1, -0.05) is 12.1 Å². The van der Waals surface area contributed by atoms with E-state index in [2.05, 4.69) is 9.97 Å². The summed E-state index contributed by atoms with van der Waals surface area (Å²) in [6.45, 7) is 2.58. The predicted molar refractivity (Wildman–Crippen MR) is 81.3 cm³/mol. The Bertz CT molecular complexity index is 581. The minimum Gasteiger partial charge on any atom is -0.497 e. The van der Waals surface area contributed by atoms with Crippen molar-refractivity contribution in [2.24, 2.45) is 0 Å². The zero-order chi connectivity index (χ0) is 15.2. The first-order valence-electron chi connectivity index (χ1n) is 6.98. The lowest BCUT2D eigenvalue weighted by atomic mass is 9.99. The van der Waals surface area contributed by atoms with E-state index >= 15 is 0 Å². The number of aromatic amines is 1. The number of carbonyl (C=O) groups is 1. The molecule has 1 heterocycles. The van der Waals surface area contributed by atoms with Gasteiger partial charge in [0.2, 0.25) is 5.91 Å². The average Bonchev–Trinajstić information content (AvgIpc) is 3.04. The number of imidazole rings is 1. The number of rotatable bonds is 6. The zero-order valence-corrected chi connectivity index (χ0v) is 12.7. The minimum atomic E-state index is -0.188. The molecule has 0 bridgehead atoms. The van der Waals surface area contributed by atoms with Crippen molar-refractivity contribution in [3.05, 3.63) is 48.0 Å². The van der Waals surface area contributed by atoms with Gasteiger partial charge in [-0.15, -0.1) is 0 Å². The molecule has 0 saturated carbocycles. The number of carbonyl (C=O) groups excluding carboxylic acids is 1. The second-order valence-corrected chi connectivity index (χ2v) is 5.08. The van der Waals surface area contributed by atoms with Gasteiger partial charge in [0.15, 0.2) is 0 Å². The quantitative estimate of drug-likeness (QED) is 0.886. The molecular formula is C16H21N3O2. The van der Waals surface area contributed by atoms with Crippen LogP contribution >= 0.6 is 0 Å². The summed E-state index contributed by atoms with van der Waals surface area (Å²) in [7, 11) is 3.46. The zero-order valence-electron chi connectivity index (χ0n) is 12.7. The predicted octanol–water partition coefficient (Wildman–Crippen LogP) is 2.22. The maximum Gasteiger partial charge on any atom is 0.229 e. The van der Waals surface area contributed by atoms with Gasteiger partial charge in [0, 0.05) is 31.9 Å². The molecule has 1 N–H and O–H groups in total. The molecule has 1 atom stereocenters. The van der Waals surface area contributed by atoms with Crippen molar-refractivity contribution in [2.75, 3.05) is 20.7 Å². The van der Waals surface area contributed by atoms with Crippen LogP contribution in [0.15, 0.2) is 36.8 Å².